The summed E-state index contributed by atoms with van der Waals surface area (Å²) >= 11 is 3.45. The average molecular weight is 473 g/mol. The predicted octanol–water partition coefficient (Wildman–Crippen LogP) is 2.26. The molecule has 0 saturated carbocycles. The number of anilines is 1. The lowest BCUT2D eigenvalue weighted by Gasteiger charge is -2.28. The molecule has 0 fully saturated rings. The van der Waals surface area contributed by atoms with Crippen LogP contribution in [0.1, 0.15) is 12.5 Å². The first-order valence-corrected chi connectivity index (χ1v) is 10.1. The first-order chi connectivity index (χ1) is 14.4. The summed E-state index contributed by atoms with van der Waals surface area (Å²) in [4.78, 5) is 42.5. The summed E-state index contributed by atoms with van der Waals surface area (Å²) < 4.78 is 0.773. The molecule has 0 saturated heterocycles. The fraction of sp³-hybridized carbons (Fsp3) is 0.238. The number of hydrogen-bond donors (Lipinski definition) is 3. The SMILES string of the molecule is C[C@@H]1N=C(Nc2ccccc2Br)N([C@@H](Cc2ccccc2)C(=O)NCC(=O)O)C1=O. The Morgan fingerprint density at radius 1 is 1.17 bits per heavy atom. The Morgan fingerprint density at radius 2 is 1.83 bits per heavy atom. The van der Waals surface area contributed by atoms with Crippen LogP contribution in [0, 0.1) is 0 Å². The van der Waals surface area contributed by atoms with E-state index in [0.717, 1.165) is 10.0 Å². The van der Waals surface area contributed by atoms with E-state index in [1.165, 1.54) is 4.90 Å². The van der Waals surface area contributed by atoms with Crippen LogP contribution in [0.5, 0.6) is 0 Å². The number of aliphatic imine (C=N–C) groups is 1. The second-order valence-corrected chi connectivity index (χ2v) is 7.61. The van der Waals surface area contributed by atoms with Gasteiger partial charge in [-0.1, -0.05) is 42.5 Å². The molecule has 1 heterocycles. The molecule has 1 aliphatic heterocycles. The van der Waals surface area contributed by atoms with Crippen molar-refractivity contribution in [3.63, 3.8) is 0 Å². The Bertz CT molecular complexity index is 980. The van der Waals surface area contributed by atoms with Crippen LogP contribution in [0.4, 0.5) is 5.69 Å². The van der Waals surface area contributed by atoms with Gasteiger partial charge in [-0.3, -0.25) is 19.3 Å². The van der Waals surface area contributed by atoms with E-state index in [1.807, 2.05) is 54.6 Å². The molecule has 0 radical (unpaired) electrons. The molecular weight excluding hydrogens is 452 g/mol. The van der Waals surface area contributed by atoms with Gasteiger partial charge in [0.1, 0.15) is 18.6 Å². The van der Waals surface area contributed by atoms with Crippen molar-refractivity contribution in [2.75, 3.05) is 11.9 Å². The van der Waals surface area contributed by atoms with Crippen molar-refractivity contribution >= 4 is 45.4 Å². The number of hydrogen-bond acceptors (Lipinski definition) is 5. The Hall–Kier alpha value is -3.20. The quantitative estimate of drug-likeness (QED) is 0.572. The monoisotopic (exact) mass is 472 g/mol. The minimum absolute atomic E-state index is 0.210. The summed E-state index contributed by atoms with van der Waals surface area (Å²) in [5.41, 5.74) is 1.52. The number of carboxylic acids is 1. The summed E-state index contributed by atoms with van der Waals surface area (Å²) in [6.45, 7) is 1.12. The molecule has 30 heavy (non-hydrogen) atoms. The maximum Gasteiger partial charge on any atom is 0.322 e. The van der Waals surface area contributed by atoms with Crippen LogP contribution in [-0.2, 0) is 20.8 Å². The molecule has 2 aromatic rings. The highest BCUT2D eigenvalue weighted by atomic mass is 79.9. The topological polar surface area (TPSA) is 111 Å². The number of nitrogens with zero attached hydrogens (tertiary/aromatic N) is 2. The predicted molar refractivity (Wildman–Crippen MR) is 116 cm³/mol. The van der Waals surface area contributed by atoms with Gasteiger partial charge in [0, 0.05) is 10.9 Å². The second-order valence-electron chi connectivity index (χ2n) is 6.76. The number of carbonyl (C=O) groups excluding carboxylic acids is 2. The van der Waals surface area contributed by atoms with Crippen molar-refractivity contribution in [1.82, 2.24) is 10.2 Å². The lowest BCUT2D eigenvalue weighted by Crippen LogP contribution is -2.54. The van der Waals surface area contributed by atoms with Crippen molar-refractivity contribution < 1.29 is 19.5 Å². The number of amides is 2. The highest BCUT2D eigenvalue weighted by Crippen LogP contribution is 2.25. The van der Waals surface area contributed by atoms with E-state index in [-0.39, 0.29) is 18.3 Å². The Kier molecular flexibility index (Phi) is 6.83. The van der Waals surface area contributed by atoms with Crippen LogP contribution >= 0.6 is 15.9 Å². The number of guanidine groups is 1. The Balaban J connectivity index is 1.92. The Morgan fingerprint density at radius 3 is 2.50 bits per heavy atom. The zero-order valence-corrected chi connectivity index (χ0v) is 17.8. The molecule has 0 aliphatic carbocycles. The van der Waals surface area contributed by atoms with Crippen LogP contribution in [0.15, 0.2) is 64.1 Å². The zero-order valence-electron chi connectivity index (χ0n) is 16.2. The average Bonchev–Trinajstić information content (AvgIpc) is 3.00. The molecule has 2 amide bonds. The number of carbonyl (C=O) groups is 3. The molecule has 0 bridgehead atoms. The largest absolute Gasteiger partial charge is 0.480 e. The first-order valence-electron chi connectivity index (χ1n) is 9.32. The summed E-state index contributed by atoms with van der Waals surface area (Å²) in [5.74, 6) is -1.82. The number of benzene rings is 2. The molecular formula is C21H21BrN4O4. The fourth-order valence-corrected chi connectivity index (χ4v) is 3.49. The number of rotatable bonds is 7. The van der Waals surface area contributed by atoms with E-state index in [2.05, 4.69) is 31.6 Å². The van der Waals surface area contributed by atoms with E-state index >= 15 is 0 Å². The van der Waals surface area contributed by atoms with Crippen molar-refractivity contribution in [1.29, 1.82) is 0 Å². The first kappa shape index (κ1) is 21.5. The van der Waals surface area contributed by atoms with Crippen LogP contribution in [0.25, 0.3) is 0 Å². The summed E-state index contributed by atoms with van der Waals surface area (Å²) in [5, 5.41) is 14.4. The van der Waals surface area contributed by atoms with Crippen molar-refractivity contribution in [2.45, 2.75) is 25.4 Å². The molecule has 8 nitrogen and oxygen atoms in total. The van der Waals surface area contributed by atoms with Crippen LogP contribution < -0.4 is 10.6 Å². The smallest absolute Gasteiger partial charge is 0.322 e. The molecule has 3 rings (SSSR count). The van der Waals surface area contributed by atoms with E-state index < -0.39 is 30.5 Å². The lowest BCUT2D eigenvalue weighted by molar-refractivity contribution is -0.139. The second kappa shape index (κ2) is 9.53. The van der Waals surface area contributed by atoms with E-state index in [0.29, 0.717) is 5.69 Å². The molecule has 0 aromatic heterocycles. The fourth-order valence-electron chi connectivity index (χ4n) is 3.10. The van der Waals surface area contributed by atoms with Crippen LogP contribution in [0.2, 0.25) is 0 Å². The maximum absolute atomic E-state index is 12.9. The normalized spacial score (nSPS) is 16.7. The van der Waals surface area contributed by atoms with Gasteiger partial charge in [-0.15, -0.1) is 0 Å². The highest BCUT2D eigenvalue weighted by Gasteiger charge is 2.40. The molecule has 156 valence electrons. The highest BCUT2D eigenvalue weighted by molar-refractivity contribution is 9.10. The van der Waals surface area contributed by atoms with Gasteiger partial charge >= 0.3 is 5.97 Å². The van der Waals surface area contributed by atoms with Gasteiger partial charge in [-0.05, 0) is 40.5 Å². The van der Waals surface area contributed by atoms with E-state index in [4.69, 9.17) is 5.11 Å². The van der Waals surface area contributed by atoms with Gasteiger partial charge in [-0.25, -0.2) is 4.99 Å². The van der Waals surface area contributed by atoms with Gasteiger partial charge in [0.05, 0.1) is 5.69 Å². The molecule has 2 atom stereocenters. The van der Waals surface area contributed by atoms with Gasteiger partial charge < -0.3 is 15.7 Å². The lowest BCUT2D eigenvalue weighted by atomic mass is 10.0. The van der Waals surface area contributed by atoms with Crippen LogP contribution in [0.3, 0.4) is 0 Å². The maximum atomic E-state index is 12.9. The van der Waals surface area contributed by atoms with Gasteiger partial charge in [-0.2, -0.15) is 0 Å². The van der Waals surface area contributed by atoms with Gasteiger partial charge in [0.2, 0.25) is 11.9 Å². The number of aliphatic carboxylic acids is 1. The van der Waals surface area contributed by atoms with E-state index in [1.54, 1.807) is 6.92 Å². The van der Waals surface area contributed by atoms with Gasteiger partial charge in [0.15, 0.2) is 0 Å². The van der Waals surface area contributed by atoms with Crippen molar-refractivity contribution in [3.8, 4) is 0 Å². The molecule has 1 aliphatic rings. The number of carboxylic acid groups (broad SMARTS) is 1. The summed E-state index contributed by atoms with van der Waals surface area (Å²) in [6.07, 6.45) is 0.210. The standard InChI is InChI=1S/C21H21BrN4O4/c1-13-20(30)26(21(24-13)25-16-10-6-5-9-15(16)22)17(19(29)23-12-18(27)28)11-14-7-3-2-4-8-14/h2-10,13,17H,11-12H2,1H3,(H,23,29)(H,24,25)(H,27,28)/t13-,17-/m0/s1. The third-order valence-corrected chi connectivity index (χ3v) is 5.25. The van der Waals surface area contributed by atoms with E-state index in [9.17, 15) is 14.4 Å². The third-order valence-electron chi connectivity index (χ3n) is 4.56. The summed E-state index contributed by atoms with van der Waals surface area (Å²) in [7, 11) is 0. The summed E-state index contributed by atoms with van der Waals surface area (Å²) in [6, 6.07) is 14.9. The number of para-hydroxylation sites is 1. The molecule has 2 aromatic carbocycles. The zero-order chi connectivity index (χ0) is 21.7. The molecule has 0 spiro atoms. The molecule has 9 heteroatoms. The number of halogens is 1. The van der Waals surface area contributed by atoms with Crippen molar-refractivity contribution in [3.05, 3.63) is 64.6 Å². The van der Waals surface area contributed by atoms with Crippen LogP contribution in [-0.4, -0.2) is 52.4 Å². The minimum Gasteiger partial charge on any atom is -0.480 e. The van der Waals surface area contributed by atoms with Gasteiger partial charge in [0.25, 0.3) is 5.91 Å². The molecule has 0 unspecified atom stereocenters. The molecule has 3 N–H and O–H groups in total. The Labute approximate surface area is 182 Å². The van der Waals surface area contributed by atoms with Crippen molar-refractivity contribution in [2.24, 2.45) is 4.99 Å². The minimum atomic E-state index is -1.16. The third kappa shape index (κ3) is 5.04. The number of nitrogens with one attached hydrogen (secondary N) is 2.